The molecular formula is C33H25NO. The third kappa shape index (κ3) is 3.83. The molecular weight excluding hydrogens is 426 g/mol. The second kappa shape index (κ2) is 9.08. The molecule has 5 aromatic rings. The van der Waals surface area contributed by atoms with Gasteiger partial charge in [-0.05, 0) is 34.0 Å². The number of nitrogens with zero attached hydrogens (tertiary/aromatic N) is 1. The van der Waals surface area contributed by atoms with Gasteiger partial charge in [-0.1, -0.05) is 121 Å². The number of fused-ring (bicyclic) bond motifs is 1. The number of carbonyl (C=O) groups excluding carboxylic acids is 1. The molecule has 168 valence electrons. The lowest BCUT2D eigenvalue weighted by Crippen LogP contribution is -2.22. The molecule has 0 radical (unpaired) electrons. The van der Waals surface area contributed by atoms with Gasteiger partial charge in [0.15, 0.2) is 5.78 Å². The summed E-state index contributed by atoms with van der Waals surface area (Å²) in [7, 11) is 0. The van der Waals surface area contributed by atoms with Crippen molar-refractivity contribution in [1.29, 1.82) is 0 Å². The maximum atomic E-state index is 14.0. The molecule has 5 aromatic carbocycles. The lowest BCUT2D eigenvalue weighted by molar-refractivity contribution is 0.103. The molecule has 0 saturated heterocycles. The molecule has 1 heterocycles. The molecule has 2 nitrogen and oxygen atoms in total. The molecule has 0 N–H and O–H groups in total. The average Bonchev–Trinajstić information content (AvgIpc) is 3.34. The van der Waals surface area contributed by atoms with E-state index in [2.05, 4.69) is 83.8 Å². The summed E-state index contributed by atoms with van der Waals surface area (Å²) in [4.78, 5) is 16.3. The second-order valence-corrected chi connectivity index (χ2v) is 8.88. The molecule has 0 bridgehead atoms. The van der Waals surface area contributed by atoms with Crippen LogP contribution < -0.4 is 4.90 Å². The second-order valence-electron chi connectivity index (χ2n) is 8.88. The molecule has 1 atom stereocenters. The smallest absolute Gasteiger partial charge is 0.191 e. The number of hydrogen-bond acceptors (Lipinski definition) is 2. The van der Waals surface area contributed by atoms with Crippen LogP contribution in [0.2, 0.25) is 0 Å². The molecule has 0 saturated carbocycles. The van der Waals surface area contributed by atoms with Crippen molar-refractivity contribution >= 4 is 27.9 Å². The van der Waals surface area contributed by atoms with Gasteiger partial charge in [0, 0.05) is 23.2 Å². The summed E-state index contributed by atoms with van der Waals surface area (Å²) in [6.07, 6.45) is 0.640. The number of rotatable bonds is 5. The van der Waals surface area contributed by atoms with Crippen LogP contribution in [0, 0.1) is 0 Å². The first kappa shape index (κ1) is 21.1. The lowest BCUT2D eigenvalue weighted by atomic mass is 9.93. The molecule has 35 heavy (non-hydrogen) atoms. The van der Waals surface area contributed by atoms with Crippen molar-refractivity contribution in [2.24, 2.45) is 0 Å². The number of para-hydroxylation sites is 1. The summed E-state index contributed by atoms with van der Waals surface area (Å²) in [6.45, 7) is 0. The number of carbonyl (C=O) groups is 1. The molecule has 1 aliphatic rings. The molecule has 0 aromatic heterocycles. The van der Waals surface area contributed by atoms with E-state index in [-0.39, 0.29) is 11.8 Å². The van der Waals surface area contributed by atoms with Crippen LogP contribution in [0.25, 0.3) is 16.5 Å². The normalized spacial score (nSPS) is 15.5. The number of hydrogen-bond donors (Lipinski definition) is 0. The Hall–Kier alpha value is -4.43. The summed E-state index contributed by atoms with van der Waals surface area (Å²) >= 11 is 0. The number of anilines is 1. The van der Waals surface area contributed by atoms with Gasteiger partial charge in [0.25, 0.3) is 0 Å². The minimum atomic E-state index is 0.00127. The predicted molar refractivity (Wildman–Crippen MR) is 144 cm³/mol. The van der Waals surface area contributed by atoms with Crippen molar-refractivity contribution in [3.63, 3.8) is 0 Å². The third-order valence-corrected chi connectivity index (χ3v) is 6.81. The summed E-state index contributed by atoms with van der Waals surface area (Å²) < 4.78 is 0. The van der Waals surface area contributed by atoms with Crippen LogP contribution >= 0.6 is 0 Å². The quantitative estimate of drug-likeness (QED) is 0.252. The monoisotopic (exact) mass is 451 g/mol. The summed E-state index contributed by atoms with van der Waals surface area (Å²) in [5, 5.41) is 2.43. The minimum Gasteiger partial charge on any atom is -0.333 e. The zero-order valence-corrected chi connectivity index (χ0v) is 19.3. The number of Topliss-reactive ketones (excluding diaryl/α,β-unsaturated/α-hetero) is 1. The van der Waals surface area contributed by atoms with Gasteiger partial charge in [-0.2, -0.15) is 0 Å². The Balaban J connectivity index is 1.60. The van der Waals surface area contributed by atoms with E-state index in [0.717, 1.165) is 28.1 Å². The van der Waals surface area contributed by atoms with E-state index in [4.69, 9.17) is 0 Å². The molecule has 0 spiro atoms. The van der Waals surface area contributed by atoms with Crippen molar-refractivity contribution < 1.29 is 4.79 Å². The first-order valence-electron chi connectivity index (χ1n) is 12.0. The molecule has 0 fully saturated rings. The van der Waals surface area contributed by atoms with Crippen LogP contribution in [0.5, 0.6) is 0 Å². The molecule has 6 rings (SSSR count). The maximum Gasteiger partial charge on any atom is 0.191 e. The standard InChI is InChI=1S/C33H25NO/c35-33(26-16-6-2-7-17-26)30-23-31(29-22-12-18-24-13-10-11-21-28(24)29)34(27-19-8-3-9-20-27)32(30)25-14-4-1-5-15-25/h1-22,31H,23H2/t31-/m1/s1. The maximum absolute atomic E-state index is 14.0. The Morgan fingerprint density at radius 1 is 0.629 bits per heavy atom. The fraction of sp³-hybridized carbons (Fsp3) is 0.0606. The van der Waals surface area contributed by atoms with Crippen molar-refractivity contribution in [2.45, 2.75) is 12.5 Å². The van der Waals surface area contributed by atoms with Gasteiger partial charge in [0.2, 0.25) is 0 Å². The molecule has 0 unspecified atom stereocenters. The van der Waals surface area contributed by atoms with E-state index in [1.165, 1.54) is 16.3 Å². The Labute approximate surface area is 205 Å². The molecule has 1 aliphatic heterocycles. The fourth-order valence-corrected chi connectivity index (χ4v) is 5.24. The van der Waals surface area contributed by atoms with Crippen molar-refractivity contribution in [1.82, 2.24) is 0 Å². The van der Waals surface area contributed by atoms with Crippen molar-refractivity contribution in [3.05, 3.63) is 156 Å². The van der Waals surface area contributed by atoms with Gasteiger partial charge in [0.1, 0.15) is 0 Å². The van der Waals surface area contributed by atoms with E-state index in [0.29, 0.717) is 6.42 Å². The third-order valence-electron chi connectivity index (χ3n) is 6.81. The van der Waals surface area contributed by atoms with Gasteiger partial charge < -0.3 is 4.90 Å². The van der Waals surface area contributed by atoms with Crippen LogP contribution in [0.15, 0.2) is 139 Å². The zero-order chi connectivity index (χ0) is 23.6. The first-order chi connectivity index (χ1) is 17.3. The largest absolute Gasteiger partial charge is 0.333 e. The number of benzene rings is 5. The topological polar surface area (TPSA) is 20.3 Å². The highest BCUT2D eigenvalue weighted by Crippen LogP contribution is 2.48. The van der Waals surface area contributed by atoms with Gasteiger partial charge in [-0.3, -0.25) is 4.79 Å². The van der Waals surface area contributed by atoms with E-state index >= 15 is 0 Å². The fourth-order valence-electron chi connectivity index (χ4n) is 5.24. The van der Waals surface area contributed by atoms with E-state index in [1.807, 2.05) is 54.6 Å². The summed E-state index contributed by atoms with van der Waals surface area (Å²) in [6, 6.07) is 45.4. The predicted octanol–water partition coefficient (Wildman–Crippen LogP) is 8.09. The first-order valence-corrected chi connectivity index (χ1v) is 12.0. The minimum absolute atomic E-state index is 0.00127. The Kier molecular flexibility index (Phi) is 5.48. The van der Waals surface area contributed by atoms with E-state index < -0.39 is 0 Å². The highest BCUT2D eigenvalue weighted by molar-refractivity contribution is 6.15. The lowest BCUT2D eigenvalue weighted by Gasteiger charge is -2.31. The molecule has 0 aliphatic carbocycles. The average molecular weight is 452 g/mol. The van der Waals surface area contributed by atoms with Crippen LogP contribution in [0.1, 0.15) is 33.9 Å². The highest BCUT2D eigenvalue weighted by Gasteiger charge is 2.38. The Morgan fingerprint density at radius 2 is 1.23 bits per heavy atom. The van der Waals surface area contributed by atoms with E-state index in [9.17, 15) is 4.79 Å². The summed E-state index contributed by atoms with van der Waals surface area (Å²) in [5.41, 5.74) is 5.94. The van der Waals surface area contributed by atoms with Gasteiger partial charge in [-0.15, -0.1) is 0 Å². The molecule has 0 amide bonds. The molecule has 2 heteroatoms. The van der Waals surface area contributed by atoms with Crippen molar-refractivity contribution in [3.8, 4) is 0 Å². The van der Waals surface area contributed by atoms with Crippen LogP contribution in [-0.2, 0) is 0 Å². The SMILES string of the molecule is O=C(C1=C(c2ccccc2)N(c2ccccc2)[C@@H](c2cccc3ccccc23)C1)c1ccccc1. The Bertz CT molecular complexity index is 1520. The van der Waals surface area contributed by atoms with Gasteiger partial charge in [0.05, 0.1) is 11.7 Å². The zero-order valence-electron chi connectivity index (χ0n) is 19.3. The summed E-state index contributed by atoms with van der Waals surface area (Å²) in [5.74, 6) is 0.0909. The van der Waals surface area contributed by atoms with Crippen LogP contribution in [0.4, 0.5) is 5.69 Å². The Morgan fingerprint density at radius 3 is 1.97 bits per heavy atom. The highest BCUT2D eigenvalue weighted by atomic mass is 16.1. The van der Waals surface area contributed by atoms with Gasteiger partial charge in [-0.25, -0.2) is 0 Å². The van der Waals surface area contributed by atoms with E-state index in [1.54, 1.807) is 0 Å². The van der Waals surface area contributed by atoms with Gasteiger partial charge >= 0.3 is 0 Å². The van der Waals surface area contributed by atoms with Crippen molar-refractivity contribution in [2.75, 3.05) is 4.90 Å². The number of ketones is 1. The van der Waals surface area contributed by atoms with Crippen LogP contribution in [-0.4, -0.2) is 5.78 Å². The van der Waals surface area contributed by atoms with Crippen LogP contribution in [0.3, 0.4) is 0 Å².